The van der Waals surface area contributed by atoms with E-state index in [2.05, 4.69) is 10.8 Å². The lowest BCUT2D eigenvalue weighted by atomic mass is 10.0. The van der Waals surface area contributed by atoms with Gasteiger partial charge >= 0.3 is 0 Å². The molecule has 0 saturated carbocycles. The summed E-state index contributed by atoms with van der Waals surface area (Å²) >= 11 is 0. The Kier molecular flexibility index (Phi) is 4.10. The Labute approximate surface area is 97.9 Å². The molecule has 0 saturated heterocycles. The molecule has 4 heteroatoms. The zero-order valence-electron chi connectivity index (χ0n) is 10.2. The molecule has 0 fully saturated rings. The first-order chi connectivity index (χ1) is 7.35. The van der Waals surface area contributed by atoms with E-state index in [4.69, 9.17) is 0 Å². The Hall–Kier alpha value is -0.870. The SMILES string of the molecule is CCS(=O)(=O)N[C@H](C)c1ccc(C)cc1C. The first kappa shape index (κ1) is 13.2. The molecule has 1 aromatic rings. The average molecular weight is 241 g/mol. The standard InChI is InChI=1S/C12H19NO2S/c1-5-16(14,15)13-11(4)12-7-6-9(2)8-10(12)3/h6-8,11,13H,5H2,1-4H3/t11-/m1/s1. The van der Waals surface area contributed by atoms with Crippen LogP contribution >= 0.6 is 0 Å². The molecule has 90 valence electrons. The van der Waals surface area contributed by atoms with Crippen molar-refractivity contribution in [1.29, 1.82) is 0 Å². The van der Waals surface area contributed by atoms with Gasteiger partial charge in [0.2, 0.25) is 10.0 Å². The van der Waals surface area contributed by atoms with Crippen LogP contribution in [0.5, 0.6) is 0 Å². The zero-order chi connectivity index (χ0) is 12.3. The van der Waals surface area contributed by atoms with Crippen molar-refractivity contribution in [3.8, 4) is 0 Å². The molecule has 0 spiro atoms. The minimum Gasteiger partial charge on any atom is -0.212 e. The Morgan fingerprint density at radius 2 is 1.94 bits per heavy atom. The predicted molar refractivity (Wildman–Crippen MR) is 66.9 cm³/mol. The summed E-state index contributed by atoms with van der Waals surface area (Å²) in [5, 5.41) is 0. The third kappa shape index (κ3) is 3.32. The van der Waals surface area contributed by atoms with E-state index in [1.54, 1.807) is 6.92 Å². The highest BCUT2D eigenvalue weighted by Crippen LogP contribution is 2.19. The summed E-state index contributed by atoms with van der Waals surface area (Å²) in [6.45, 7) is 7.53. The van der Waals surface area contributed by atoms with Gasteiger partial charge in [0, 0.05) is 6.04 Å². The third-order valence-corrected chi connectivity index (χ3v) is 4.10. The molecular formula is C12H19NO2S. The van der Waals surface area contributed by atoms with Crippen molar-refractivity contribution in [2.24, 2.45) is 0 Å². The van der Waals surface area contributed by atoms with Gasteiger partial charge in [-0.1, -0.05) is 23.8 Å². The van der Waals surface area contributed by atoms with Gasteiger partial charge in [-0.25, -0.2) is 13.1 Å². The number of sulfonamides is 1. The first-order valence-electron chi connectivity index (χ1n) is 5.43. The number of hydrogen-bond acceptors (Lipinski definition) is 2. The Morgan fingerprint density at radius 3 is 2.44 bits per heavy atom. The van der Waals surface area contributed by atoms with Crippen LogP contribution < -0.4 is 4.72 Å². The monoisotopic (exact) mass is 241 g/mol. The smallest absolute Gasteiger partial charge is 0.211 e. The van der Waals surface area contributed by atoms with Crippen LogP contribution in [0.2, 0.25) is 0 Å². The maximum atomic E-state index is 11.5. The van der Waals surface area contributed by atoms with E-state index in [0.717, 1.165) is 11.1 Å². The minimum absolute atomic E-state index is 0.113. The van der Waals surface area contributed by atoms with Crippen molar-refractivity contribution in [1.82, 2.24) is 4.72 Å². The van der Waals surface area contributed by atoms with Gasteiger partial charge in [-0.05, 0) is 38.8 Å². The van der Waals surface area contributed by atoms with Gasteiger partial charge in [0.15, 0.2) is 0 Å². The molecule has 0 aliphatic rings. The van der Waals surface area contributed by atoms with Gasteiger partial charge < -0.3 is 0 Å². The highest BCUT2D eigenvalue weighted by molar-refractivity contribution is 7.89. The molecule has 0 aliphatic heterocycles. The van der Waals surface area contributed by atoms with Crippen molar-refractivity contribution in [2.75, 3.05) is 5.75 Å². The zero-order valence-corrected chi connectivity index (χ0v) is 11.1. The van der Waals surface area contributed by atoms with Crippen LogP contribution in [0.1, 0.15) is 36.6 Å². The van der Waals surface area contributed by atoms with Crippen molar-refractivity contribution < 1.29 is 8.42 Å². The van der Waals surface area contributed by atoms with Gasteiger partial charge in [-0.15, -0.1) is 0 Å². The van der Waals surface area contributed by atoms with Gasteiger partial charge in [-0.3, -0.25) is 0 Å². The fraction of sp³-hybridized carbons (Fsp3) is 0.500. The summed E-state index contributed by atoms with van der Waals surface area (Å²) in [5.74, 6) is 0.113. The molecule has 1 rings (SSSR count). The summed E-state index contributed by atoms with van der Waals surface area (Å²) in [6, 6.07) is 5.86. The number of hydrogen-bond donors (Lipinski definition) is 1. The van der Waals surface area contributed by atoms with E-state index < -0.39 is 10.0 Å². The van der Waals surface area contributed by atoms with Crippen molar-refractivity contribution >= 4 is 10.0 Å². The molecule has 16 heavy (non-hydrogen) atoms. The second kappa shape index (κ2) is 4.97. The van der Waals surface area contributed by atoms with Crippen LogP contribution in [-0.2, 0) is 10.0 Å². The molecule has 1 aromatic carbocycles. The lowest BCUT2D eigenvalue weighted by Crippen LogP contribution is -2.28. The first-order valence-corrected chi connectivity index (χ1v) is 7.08. The molecule has 0 aliphatic carbocycles. The minimum atomic E-state index is -3.14. The molecular weight excluding hydrogens is 222 g/mol. The van der Waals surface area contributed by atoms with E-state index in [1.807, 2.05) is 32.9 Å². The van der Waals surface area contributed by atoms with Crippen LogP contribution in [0.15, 0.2) is 18.2 Å². The lowest BCUT2D eigenvalue weighted by molar-refractivity contribution is 0.568. The highest BCUT2D eigenvalue weighted by Gasteiger charge is 2.14. The maximum absolute atomic E-state index is 11.5. The second-order valence-corrected chi connectivity index (χ2v) is 6.15. The average Bonchev–Trinajstić information content (AvgIpc) is 2.16. The van der Waals surface area contributed by atoms with Gasteiger partial charge in [0.05, 0.1) is 5.75 Å². The van der Waals surface area contributed by atoms with Crippen molar-refractivity contribution in [3.05, 3.63) is 34.9 Å². The van der Waals surface area contributed by atoms with Crippen LogP contribution in [0, 0.1) is 13.8 Å². The van der Waals surface area contributed by atoms with E-state index in [0.29, 0.717) is 0 Å². The molecule has 3 nitrogen and oxygen atoms in total. The molecule has 0 bridgehead atoms. The Bertz CT molecular complexity index is 466. The Balaban J connectivity index is 2.93. The van der Waals surface area contributed by atoms with Gasteiger partial charge in [0.1, 0.15) is 0 Å². The van der Waals surface area contributed by atoms with E-state index in [9.17, 15) is 8.42 Å². The molecule has 0 aromatic heterocycles. The van der Waals surface area contributed by atoms with Crippen LogP contribution in [0.3, 0.4) is 0 Å². The molecule has 0 heterocycles. The summed E-state index contributed by atoms with van der Waals surface area (Å²) in [7, 11) is -3.14. The van der Waals surface area contributed by atoms with E-state index >= 15 is 0 Å². The van der Waals surface area contributed by atoms with E-state index in [1.165, 1.54) is 5.56 Å². The summed E-state index contributed by atoms with van der Waals surface area (Å²) in [4.78, 5) is 0. The molecule has 0 unspecified atom stereocenters. The Morgan fingerprint density at radius 1 is 1.31 bits per heavy atom. The van der Waals surface area contributed by atoms with Crippen LogP contribution in [-0.4, -0.2) is 14.2 Å². The van der Waals surface area contributed by atoms with Crippen LogP contribution in [0.25, 0.3) is 0 Å². The number of rotatable bonds is 4. The van der Waals surface area contributed by atoms with Crippen molar-refractivity contribution in [3.63, 3.8) is 0 Å². The summed E-state index contributed by atoms with van der Waals surface area (Å²) in [5.41, 5.74) is 3.33. The van der Waals surface area contributed by atoms with Crippen molar-refractivity contribution in [2.45, 2.75) is 33.7 Å². The lowest BCUT2D eigenvalue weighted by Gasteiger charge is -2.16. The van der Waals surface area contributed by atoms with E-state index in [-0.39, 0.29) is 11.8 Å². The normalized spacial score (nSPS) is 13.8. The number of aryl methyl sites for hydroxylation is 2. The quantitative estimate of drug-likeness (QED) is 0.879. The predicted octanol–water partition coefficient (Wildman–Crippen LogP) is 2.30. The molecule has 1 atom stereocenters. The topological polar surface area (TPSA) is 46.2 Å². The highest BCUT2D eigenvalue weighted by atomic mass is 32.2. The fourth-order valence-corrected chi connectivity index (χ4v) is 2.56. The largest absolute Gasteiger partial charge is 0.212 e. The number of benzene rings is 1. The maximum Gasteiger partial charge on any atom is 0.211 e. The molecule has 1 N–H and O–H groups in total. The fourth-order valence-electron chi connectivity index (χ4n) is 1.73. The third-order valence-electron chi connectivity index (χ3n) is 2.63. The summed E-state index contributed by atoms with van der Waals surface area (Å²) < 4.78 is 25.6. The van der Waals surface area contributed by atoms with Gasteiger partial charge in [-0.2, -0.15) is 0 Å². The molecule has 0 radical (unpaired) electrons. The van der Waals surface area contributed by atoms with Gasteiger partial charge in [0.25, 0.3) is 0 Å². The number of nitrogens with one attached hydrogen (secondary N) is 1. The summed E-state index contributed by atoms with van der Waals surface area (Å²) in [6.07, 6.45) is 0. The second-order valence-electron chi connectivity index (χ2n) is 4.10. The van der Waals surface area contributed by atoms with Crippen LogP contribution in [0.4, 0.5) is 0 Å². The molecule has 0 amide bonds.